The van der Waals surface area contributed by atoms with E-state index in [1.54, 1.807) is 31.2 Å². The van der Waals surface area contributed by atoms with Gasteiger partial charge in [0, 0.05) is 6.54 Å². The Morgan fingerprint density at radius 2 is 1.42 bits per heavy atom. The van der Waals surface area contributed by atoms with Gasteiger partial charge in [0.1, 0.15) is 12.1 Å². The summed E-state index contributed by atoms with van der Waals surface area (Å²) in [5, 5.41) is 5.77. The van der Waals surface area contributed by atoms with Gasteiger partial charge in [-0.25, -0.2) is 8.42 Å². The third kappa shape index (κ3) is 5.66. The maximum absolute atomic E-state index is 13.2. The lowest BCUT2D eigenvalue weighted by Gasteiger charge is -2.26. The number of hydrogen-bond acceptors (Lipinski definition) is 4. The van der Waals surface area contributed by atoms with Crippen LogP contribution >= 0.6 is 0 Å². The summed E-state index contributed by atoms with van der Waals surface area (Å²) in [4.78, 5) is 26.4. The fourth-order valence-electron chi connectivity index (χ4n) is 4.43. The van der Waals surface area contributed by atoms with Gasteiger partial charge >= 0.3 is 0 Å². The van der Waals surface area contributed by atoms with Crippen molar-refractivity contribution >= 4 is 21.8 Å². The van der Waals surface area contributed by atoms with Crippen LogP contribution in [0.25, 0.3) is 0 Å². The largest absolute Gasteiger partial charge is 0.343 e. The molecule has 188 valence electrons. The van der Waals surface area contributed by atoms with Crippen LogP contribution in [-0.4, -0.2) is 43.2 Å². The van der Waals surface area contributed by atoms with Crippen LogP contribution in [0.3, 0.4) is 0 Å². The predicted octanol–water partition coefficient (Wildman–Crippen LogP) is 3.56. The number of amides is 2. The molecule has 0 aromatic heterocycles. The second-order valence-electron chi connectivity index (χ2n) is 9.08. The van der Waals surface area contributed by atoms with Crippen molar-refractivity contribution in [2.24, 2.45) is 0 Å². The number of sulfonamides is 1. The van der Waals surface area contributed by atoms with E-state index in [1.807, 2.05) is 67.6 Å². The zero-order valence-electron chi connectivity index (χ0n) is 20.4. The van der Waals surface area contributed by atoms with E-state index in [1.165, 1.54) is 4.31 Å². The molecule has 1 heterocycles. The summed E-state index contributed by atoms with van der Waals surface area (Å²) in [6.45, 7) is 3.75. The average molecular weight is 506 g/mol. The van der Waals surface area contributed by atoms with Crippen molar-refractivity contribution in [3.05, 3.63) is 102 Å². The number of aryl methyl sites for hydroxylation is 1. The number of benzene rings is 3. The molecule has 1 aliphatic rings. The number of nitrogens with one attached hydrogen (secondary N) is 2. The van der Waals surface area contributed by atoms with Gasteiger partial charge in [-0.15, -0.1) is 0 Å². The van der Waals surface area contributed by atoms with Gasteiger partial charge in [-0.05, 0) is 49.9 Å². The molecule has 8 heteroatoms. The van der Waals surface area contributed by atoms with Gasteiger partial charge in [-0.1, -0.05) is 78.4 Å². The Kier molecular flexibility index (Phi) is 7.86. The monoisotopic (exact) mass is 505 g/mol. The summed E-state index contributed by atoms with van der Waals surface area (Å²) < 4.78 is 27.7. The molecule has 0 radical (unpaired) electrons. The van der Waals surface area contributed by atoms with Crippen LogP contribution in [-0.2, 0) is 19.6 Å². The van der Waals surface area contributed by atoms with Crippen molar-refractivity contribution in [1.29, 1.82) is 0 Å². The fraction of sp³-hybridized carbons (Fsp3) is 0.286. The molecule has 1 aliphatic heterocycles. The maximum atomic E-state index is 13.2. The number of rotatable bonds is 8. The molecule has 3 aromatic carbocycles. The number of nitrogens with zero attached hydrogens (tertiary/aromatic N) is 1. The maximum Gasteiger partial charge on any atom is 0.243 e. The molecule has 36 heavy (non-hydrogen) atoms. The van der Waals surface area contributed by atoms with Crippen molar-refractivity contribution in [3.63, 3.8) is 0 Å². The number of hydrogen-bond donors (Lipinski definition) is 2. The highest BCUT2D eigenvalue weighted by Gasteiger charge is 2.40. The lowest BCUT2D eigenvalue weighted by molar-refractivity contribution is -0.130. The molecule has 0 unspecified atom stereocenters. The smallest absolute Gasteiger partial charge is 0.243 e. The van der Waals surface area contributed by atoms with E-state index in [0.29, 0.717) is 12.8 Å². The quantitative estimate of drug-likeness (QED) is 0.489. The topological polar surface area (TPSA) is 95.6 Å². The van der Waals surface area contributed by atoms with Gasteiger partial charge in [0.05, 0.1) is 10.9 Å². The number of carbonyl (C=O) groups is 2. The van der Waals surface area contributed by atoms with Crippen molar-refractivity contribution in [3.8, 4) is 0 Å². The third-order valence-corrected chi connectivity index (χ3v) is 8.36. The van der Waals surface area contributed by atoms with E-state index in [2.05, 4.69) is 10.6 Å². The molecule has 0 saturated carbocycles. The minimum absolute atomic E-state index is 0.159. The first-order valence-corrected chi connectivity index (χ1v) is 13.5. The van der Waals surface area contributed by atoms with E-state index in [9.17, 15) is 18.0 Å². The summed E-state index contributed by atoms with van der Waals surface area (Å²) in [6, 6.07) is 23.7. The lowest BCUT2D eigenvalue weighted by atomic mass is 9.98. The van der Waals surface area contributed by atoms with Crippen LogP contribution in [0.2, 0.25) is 0 Å². The van der Waals surface area contributed by atoms with E-state index < -0.39 is 28.0 Å². The number of carbonyl (C=O) groups excluding carboxylic acids is 2. The molecule has 0 aliphatic carbocycles. The Balaban J connectivity index is 1.46. The minimum atomic E-state index is -3.82. The molecule has 0 bridgehead atoms. The molecule has 2 atom stereocenters. The SMILES string of the molecule is Cc1ccc(S(=O)(=O)N2CCC[C@H]2C(=O)N[C@H](C)C(=O)NC(c2ccccc2)c2ccccc2)cc1. The molecule has 2 N–H and O–H groups in total. The van der Waals surface area contributed by atoms with Crippen LogP contribution in [0.15, 0.2) is 89.8 Å². The molecular weight excluding hydrogens is 474 g/mol. The van der Waals surface area contributed by atoms with Crippen molar-refractivity contribution < 1.29 is 18.0 Å². The highest BCUT2D eigenvalue weighted by atomic mass is 32.2. The van der Waals surface area contributed by atoms with Crippen LogP contribution in [0.4, 0.5) is 0 Å². The first kappa shape index (κ1) is 25.6. The first-order chi connectivity index (χ1) is 17.3. The van der Waals surface area contributed by atoms with Crippen LogP contribution in [0.1, 0.15) is 42.5 Å². The van der Waals surface area contributed by atoms with E-state index in [4.69, 9.17) is 0 Å². The molecule has 4 rings (SSSR count). The Hall–Kier alpha value is -3.49. The van der Waals surface area contributed by atoms with Crippen molar-refractivity contribution in [1.82, 2.24) is 14.9 Å². The molecule has 0 spiro atoms. The van der Waals surface area contributed by atoms with Gasteiger partial charge in [0.25, 0.3) is 0 Å². The molecular formula is C28H31N3O4S. The van der Waals surface area contributed by atoms with E-state index >= 15 is 0 Å². The second kappa shape index (κ2) is 11.1. The van der Waals surface area contributed by atoms with Gasteiger partial charge in [-0.2, -0.15) is 4.31 Å². The zero-order chi connectivity index (χ0) is 25.7. The van der Waals surface area contributed by atoms with E-state index in [0.717, 1.165) is 16.7 Å². The minimum Gasteiger partial charge on any atom is -0.343 e. The summed E-state index contributed by atoms with van der Waals surface area (Å²) in [5.41, 5.74) is 2.79. The second-order valence-corrected chi connectivity index (χ2v) is 11.0. The highest BCUT2D eigenvalue weighted by molar-refractivity contribution is 7.89. The van der Waals surface area contributed by atoms with Crippen molar-refractivity contribution in [2.45, 2.75) is 49.7 Å². The average Bonchev–Trinajstić information content (AvgIpc) is 3.40. The van der Waals surface area contributed by atoms with Gasteiger partial charge in [-0.3, -0.25) is 9.59 Å². The summed E-state index contributed by atoms with van der Waals surface area (Å²) in [5.74, 6) is -0.825. The predicted molar refractivity (Wildman–Crippen MR) is 139 cm³/mol. The summed E-state index contributed by atoms with van der Waals surface area (Å²) in [7, 11) is -3.82. The van der Waals surface area contributed by atoms with Crippen molar-refractivity contribution in [2.75, 3.05) is 6.54 Å². The molecule has 2 amide bonds. The van der Waals surface area contributed by atoms with Gasteiger partial charge in [0.15, 0.2) is 0 Å². The molecule has 1 saturated heterocycles. The lowest BCUT2D eigenvalue weighted by Crippen LogP contribution is -2.52. The highest BCUT2D eigenvalue weighted by Crippen LogP contribution is 2.27. The Morgan fingerprint density at radius 1 is 0.861 bits per heavy atom. The van der Waals surface area contributed by atoms with Gasteiger partial charge < -0.3 is 10.6 Å². The van der Waals surface area contributed by atoms with Crippen LogP contribution in [0.5, 0.6) is 0 Å². The van der Waals surface area contributed by atoms with Crippen LogP contribution in [0, 0.1) is 6.92 Å². The third-order valence-electron chi connectivity index (χ3n) is 6.44. The first-order valence-electron chi connectivity index (χ1n) is 12.1. The summed E-state index contributed by atoms with van der Waals surface area (Å²) >= 11 is 0. The van der Waals surface area contributed by atoms with E-state index in [-0.39, 0.29) is 23.4 Å². The van der Waals surface area contributed by atoms with Crippen LogP contribution < -0.4 is 10.6 Å². The molecule has 3 aromatic rings. The zero-order valence-corrected chi connectivity index (χ0v) is 21.2. The standard InChI is InChI=1S/C28H31N3O4S/c1-20-15-17-24(18-16-20)36(34,35)31-19-9-14-25(31)28(33)29-21(2)27(32)30-26(22-10-5-3-6-11-22)23-12-7-4-8-13-23/h3-8,10-13,15-18,21,25-26H,9,14,19H2,1-2H3,(H,29,33)(H,30,32)/t21-,25+/m1/s1. The Morgan fingerprint density at radius 3 is 1.97 bits per heavy atom. The Bertz CT molecular complexity index is 1260. The summed E-state index contributed by atoms with van der Waals surface area (Å²) in [6.07, 6.45) is 0.982. The van der Waals surface area contributed by atoms with Gasteiger partial charge in [0.2, 0.25) is 21.8 Å². The fourth-order valence-corrected chi connectivity index (χ4v) is 6.08. The Labute approximate surface area is 212 Å². The molecule has 7 nitrogen and oxygen atoms in total. The molecule has 1 fully saturated rings. The normalized spacial score (nSPS) is 17.0.